The van der Waals surface area contributed by atoms with Crippen LogP contribution in [0.15, 0.2) is 22.7 Å². The van der Waals surface area contributed by atoms with Crippen molar-refractivity contribution in [1.82, 2.24) is 0 Å². The zero-order valence-electron chi connectivity index (χ0n) is 7.05. The number of sulfonamides is 1. The highest BCUT2D eigenvalue weighted by Crippen LogP contribution is 2.23. The molecule has 0 heterocycles. The molecule has 0 bridgehead atoms. The van der Waals surface area contributed by atoms with E-state index in [0.29, 0.717) is 0 Å². The zero-order valence-corrected chi connectivity index (χ0v) is 11.6. The smallest absolute Gasteiger partial charge is 0.279 e. The van der Waals surface area contributed by atoms with Crippen LogP contribution in [-0.2, 0) is 10.0 Å². The lowest BCUT2D eigenvalue weighted by Gasteiger charge is -2.07. The largest absolute Gasteiger partial charge is 0.355 e. The van der Waals surface area contributed by atoms with Crippen molar-refractivity contribution in [3.8, 4) is 0 Å². The first kappa shape index (κ1) is 13.1. The van der Waals surface area contributed by atoms with Crippen molar-refractivity contribution < 1.29 is 17.2 Å². The third-order valence-electron chi connectivity index (χ3n) is 1.41. The third kappa shape index (κ3) is 3.52. The van der Waals surface area contributed by atoms with Crippen LogP contribution < -0.4 is 4.72 Å². The Balaban J connectivity index is 2.96. The van der Waals surface area contributed by atoms with Crippen molar-refractivity contribution >= 4 is 54.2 Å². The number of hydrogen-bond donors (Lipinski definition) is 1. The molecule has 1 aromatic rings. The molecule has 0 aliphatic rings. The third-order valence-corrected chi connectivity index (χ3v) is 4.73. The standard InChI is InChI=1S/C7H5BrF2INO2S/c8-5-2-1-4(3-6(5)11)12-15(13,14)7(9)10/h1-3,7,12H. The zero-order chi connectivity index (χ0) is 11.6. The molecule has 0 aliphatic carbocycles. The number of hydrogen-bond acceptors (Lipinski definition) is 2. The van der Waals surface area contributed by atoms with Crippen LogP contribution >= 0.6 is 38.5 Å². The van der Waals surface area contributed by atoms with Gasteiger partial charge in [0.2, 0.25) is 0 Å². The van der Waals surface area contributed by atoms with Crippen molar-refractivity contribution in [3.63, 3.8) is 0 Å². The molecule has 8 heteroatoms. The first-order valence-corrected chi connectivity index (χ1v) is 6.99. The van der Waals surface area contributed by atoms with Crippen LogP contribution in [0.5, 0.6) is 0 Å². The highest BCUT2D eigenvalue weighted by molar-refractivity contribution is 14.1. The summed E-state index contributed by atoms with van der Waals surface area (Å²) in [7, 11) is -4.58. The van der Waals surface area contributed by atoms with Crippen molar-refractivity contribution in [3.05, 3.63) is 26.2 Å². The number of halogens is 4. The fourth-order valence-electron chi connectivity index (χ4n) is 0.768. The highest BCUT2D eigenvalue weighted by atomic mass is 127. The second-order valence-electron chi connectivity index (χ2n) is 2.54. The molecule has 0 amide bonds. The predicted octanol–water partition coefficient (Wildman–Crippen LogP) is 3.02. The Labute approximate surface area is 108 Å². The molecule has 0 aromatic heterocycles. The first-order valence-electron chi connectivity index (χ1n) is 3.58. The molecule has 0 saturated heterocycles. The SMILES string of the molecule is O=S(=O)(Nc1ccc(Br)c(I)c1)C(F)F. The topological polar surface area (TPSA) is 46.2 Å². The van der Waals surface area contributed by atoms with Crippen LogP contribution in [0.4, 0.5) is 14.5 Å². The molecule has 0 radical (unpaired) electrons. The van der Waals surface area contributed by atoms with Gasteiger partial charge in [-0.25, -0.2) is 8.42 Å². The Kier molecular flexibility index (Phi) is 4.29. The van der Waals surface area contributed by atoms with E-state index >= 15 is 0 Å². The Morgan fingerprint density at radius 1 is 1.40 bits per heavy atom. The monoisotopic (exact) mass is 411 g/mol. The van der Waals surface area contributed by atoms with Gasteiger partial charge >= 0.3 is 5.76 Å². The van der Waals surface area contributed by atoms with Crippen molar-refractivity contribution in [1.29, 1.82) is 0 Å². The van der Waals surface area contributed by atoms with Gasteiger partial charge in [0.1, 0.15) is 0 Å². The lowest BCUT2D eigenvalue weighted by Crippen LogP contribution is -2.20. The summed E-state index contributed by atoms with van der Waals surface area (Å²) >= 11 is 5.15. The summed E-state index contributed by atoms with van der Waals surface area (Å²) in [6.07, 6.45) is 0. The van der Waals surface area contributed by atoms with Crippen LogP contribution in [0, 0.1) is 3.57 Å². The molecule has 3 nitrogen and oxygen atoms in total. The van der Waals surface area contributed by atoms with Gasteiger partial charge in [0.05, 0.1) is 0 Å². The van der Waals surface area contributed by atoms with Gasteiger partial charge in [0.25, 0.3) is 10.0 Å². The van der Waals surface area contributed by atoms with Crippen LogP contribution in [0.3, 0.4) is 0 Å². The summed E-state index contributed by atoms with van der Waals surface area (Å²) in [5, 5.41) is 0. The fourth-order valence-corrected chi connectivity index (χ4v) is 2.07. The molecule has 15 heavy (non-hydrogen) atoms. The molecular weight excluding hydrogens is 407 g/mol. The second-order valence-corrected chi connectivity index (χ2v) is 6.20. The molecule has 1 N–H and O–H groups in total. The van der Waals surface area contributed by atoms with Gasteiger partial charge in [0, 0.05) is 13.7 Å². The minimum atomic E-state index is -4.58. The summed E-state index contributed by atoms with van der Waals surface area (Å²) in [5.74, 6) is -3.43. The summed E-state index contributed by atoms with van der Waals surface area (Å²) in [4.78, 5) is 0. The minimum Gasteiger partial charge on any atom is -0.279 e. The molecule has 0 saturated carbocycles. The minimum absolute atomic E-state index is 0.114. The van der Waals surface area contributed by atoms with Gasteiger partial charge < -0.3 is 0 Å². The van der Waals surface area contributed by atoms with Gasteiger partial charge in [-0.3, -0.25) is 4.72 Å². The molecule has 0 unspecified atom stereocenters. The number of nitrogens with one attached hydrogen (secondary N) is 1. The average molecular weight is 412 g/mol. The van der Waals surface area contributed by atoms with Gasteiger partial charge in [-0.05, 0) is 56.7 Å². The van der Waals surface area contributed by atoms with E-state index in [1.165, 1.54) is 12.1 Å². The van der Waals surface area contributed by atoms with E-state index in [9.17, 15) is 17.2 Å². The van der Waals surface area contributed by atoms with Crippen molar-refractivity contribution in [2.75, 3.05) is 4.72 Å². The number of anilines is 1. The number of alkyl halides is 2. The van der Waals surface area contributed by atoms with Gasteiger partial charge in [-0.15, -0.1) is 0 Å². The number of benzene rings is 1. The van der Waals surface area contributed by atoms with Crippen LogP contribution in [0.2, 0.25) is 0 Å². The Morgan fingerprint density at radius 3 is 2.47 bits per heavy atom. The maximum Gasteiger partial charge on any atom is 0.355 e. The van der Waals surface area contributed by atoms with E-state index in [0.717, 1.165) is 8.04 Å². The van der Waals surface area contributed by atoms with Gasteiger partial charge in [0.15, 0.2) is 0 Å². The van der Waals surface area contributed by atoms with Crippen LogP contribution in [-0.4, -0.2) is 14.2 Å². The van der Waals surface area contributed by atoms with E-state index in [1.807, 2.05) is 22.6 Å². The molecule has 0 spiro atoms. The van der Waals surface area contributed by atoms with E-state index in [1.54, 1.807) is 10.8 Å². The molecule has 0 aliphatic heterocycles. The Hall–Kier alpha value is 0.0400. The first-order chi connectivity index (χ1) is 6.83. The lowest BCUT2D eigenvalue weighted by atomic mass is 10.3. The van der Waals surface area contributed by atoms with Gasteiger partial charge in [-0.1, -0.05) is 0 Å². The predicted molar refractivity (Wildman–Crippen MR) is 65.4 cm³/mol. The van der Waals surface area contributed by atoms with Crippen molar-refractivity contribution in [2.24, 2.45) is 0 Å². The lowest BCUT2D eigenvalue weighted by molar-refractivity contribution is 0.236. The molecule has 1 aromatic carbocycles. The number of rotatable bonds is 3. The summed E-state index contributed by atoms with van der Waals surface area (Å²) in [5.41, 5.74) is 0.114. The molecule has 0 fully saturated rings. The molecule has 0 atom stereocenters. The quantitative estimate of drug-likeness (QED) is 0.777. The van der Waals surface area contributed by atoms with Crippen LogP contribution in [0.25, 0.3) is 0 Å². The molecular formula is C7H5BrF2INO2S. The average Bonchev–Trinajstić information content (AvgIpc) is 2.10. The summed E-state index contributed by atoms with van der Waals surface area (Å²) in [6.45, 7) is 0. The van der Waals surface area contributed by atoms with Crippen LogP contribution in [0.1, 0.15) is 0 Å². The van der Waals surface area contributed by atoms with E-state index in [-0.39, 0.29) is 5.69 Å². The molecule has 84 valence electrons. The fraction of sp³-hybridized carbons (Fsp3) is 0.143. The maximum absolute atomic E-state index is 12.0. The Morgan fingerprint density at radius 2 is 2.00 bits per heavy atom. The normalized spacial score (nSPS) is 11.8. The molecule has 1 rings (SSSR count). The van der Waals surface area contributed by atoms with Gasteiger partial charge in [-0.2, -0.15) is 8.78 Å². The Bertz CT molecular complexity index is 466. The van der Waals surface area contributed by atoms with E-state index in [2.05, 4.69) is 15.9 Å². The summed E-state index contributed by atoms with van der Waals surface area (Å²) < 4.78 is 48.9. The highest BCUT2D eigenvalue weighted by Gasteiger charge is 2.23. The van der Waals surface area contributed by atoms with Crippen molar-refractivity contribution in [2.45, 2.75) is 5.76 Å². The maximum atomic E-state index is 12.0. The summed E-state index contributed by atoms with van der Waals surface area (Å²) in [6, 6.07) is 4.42. The van der Waals surface area contributed by atoms with E-state index < -0.39 is 15.8 Å². The van der Waals surface area contributed by atoms with E-state index in [4.69, 9.17) is 0 Å². The second kappa shape index (κ2) is 4.91.